The van der Waals surface area contributed by atoms with Crippen LogP contribution in [-0.4, -0.2) is 6.04 Å². The number of hydrogen-bond donors (Lipinski definition) is 1. The third-order valence-electron chi connectivity index (χ3n) is 3.10. The first-order valence-corrected chi connectivity index (χ1v) is 7.23. The van der Waals surface area contributed by atoms with Crippen LogP contribution in [0.15, 0.2) is 53.0 Å². The first kappa shape index (κ1) is 13.9. The molecule has 0 atom stereocenters. The average Bonchev–Trinajstić information content (AvgIpc) is 2.38. The van der Waals surface area contributed by atoms with E-state index in [1.165, 1.54) is 11.3 Å². The van der Waals surface area contributed by atoms with Crippen LogP contribution in [-0.2, 0) is 6.54 Å². The molecular weight excluding hydrogens is 300 g/mol. The summed E-state index contributed by atoms with van der Waals surface area (Å²) in [4.78, 5) is 2.36. The molecule has 2 aromatic rings. The molecule has 2 rings (SSSR count). The molecule has 3 heteroatoms. The zero-order chi connectivity index (χ0) is 13.8. The summed E-state index contributed by atoms with van der Waals surface area (Å²) in [7, 11) is 0. The molecule has 0 aliphatic heterocycles. The highest BCUT2D eigenvalue weighted by Gasteiger charge is 2.14. The van der Waals surface area contributed by atoms with E-state index >= 15 is 0 Å². The van der Waals surface area contributed by atoms with Crippen molar-refractivity contribution in [1.29, 1.82) is 0 Å². The van der Waals surface area contributed by atoms with Crippen LogP contribution >= 0.6 is 15.9 Å². The maximum absolute atomic E-state index is 5.81. The molecule has 0 saturated carbocycles. The second kappa shape index (κ2) is 6.11. The number of nitrogen functional groups attached to an aromatic ring is 1. The third kappa shape index (κ3) is 3.51. The molecule has 2 nitrogen and oxygen atoms in total. The van der Waals surface area contributed by atoms with Crippen molar-refractivity contribution in [2.45, 2.75) is 26.4 Å². The fraction of sp³-hybridized carbons (Fsp3) is 0.250. The standard InChI is InChI=1S/C16H19BrN2/c1-12(2)19(11-13-6-4-3-5-7-13)16-9-8-14(18)10-15(16)17/h3-10,12H,11,18H2,1-2H3. The summed E-state index contributed by atoms with van der Waals surface area (Å²) in [6.07, 6.45) is 0. The van der Waals surface area contributed by atoms with Gasteiger partial charge >= 0.3 is 0 Å². The Kier molecular flexibility index (Phi) is 4.48. The second-order valence-electron chi connectivity index (χ2n) is 4.92. The van der Waals surface area contributed by atoms with Gasteiger partial charge in [-0.05, 0) is 53.5 Å². The Morgan fingerprint density at radius 3 is 2.37 bits per heavy atom. The van der Waals surface area contributed by atoms with Gasteiger partial charge in [-0.15, -0.1) is 0 Å². The van der Waals surface area contributed by atoms with Gasteiger partial charge in [-0.3, -0.25) is 0 Å². The van der Waals surface area contributed by atoms with E-state index in [4.69, 9.17) is 5.73 Å². The molecular formula is C16H19BrN2. The molecule has 0 bridgehead atoms. The van der Waals surface area contributed by atoms with E-state index in [1.54, 1.807) is 0 Å². The molecule has 0 unspecified atom stereocenters. The Morgan fingerprint density at radius 2 is 1.79 bits per heavy atom. The normalized spacial score (nSPS) is 10.7. The molecule has 19 heavy (non-hydrogen) atoms. The quantitative estimate of drug-likeness (QED) is 0.844. The largest absolute Gasteiger partial charge is 0.399 e. The van der Waals surface area contributed by atoms with Crippen LogP contribution in [0.2, 0.25) is 0 Å². The second-order valence-corrected chi connectivity index (χ2v) is 5.77. The molecule has 100 valence electrons. The molecule has 2 N–H and O–H groups in total. The van der Waals surface area contributed by atoms with Crippen molar-refractivity contribution in [2.24, 2.45) is 0 Å². The van der Waals surface area contributed by atoms with Gasteiger partial charge in [0.2, 0.25) is 0 Å². The molecule has 0 saturated heterocycles. The lowest BCUT2D eigenvalue weighted by Crippen LogP contribution is -2.30. The minimum atomic E-state index is 0.417. The smallest absolute Gasteiger partial charge is 0.0517 e. The summed E-state index contributed by atoms with van der Waals surface area (Å²) < 4.78 is 1.04. The van der Waals surface area contributed by atoms with Crippen LogP contribution in [0.25, 0.3) is 0 Å². The van der Waals surface area contributed by atoms with E-state index < -0.39 is 0 Å². The number of halogens is 1. The fourth-order valence-corrected chi connectivity index (χ4v) is 2.71. The van der Waals surface area contributed by atoms with Gasteiger partial charge in [0.15, 0.2) is 0 Å². The number of benzene rings is 2. The van der Waals surface area contributed by atoms with Crippen molar-refractivity contribution in [3.05, 3.63) is 58.6 Å². The van der Waals surface area contributed by atoms with Crippen molar-refractivity contribution < 1.29 is 0 Å². The van der Waals surface area contributed by atoms with Gasteiger partial charge < -0.3 is 10.6 Å². The zero-order valence-electron chi connectivity index (χ0n) is 11.3. The van der Waals surface area contributed by atoms with E-state index in [1.807, 2.05) is 18.2 Å². The van der Waals surface area contributed by atoms with Gasteiger partial charge in [0.25, 0.3) is 0 Å². The van der Waals surface area contributed by atoms with E-state index in [2.05, 4.69) is 65.0 Å². The molecule has 0 radical (unpaired) electrons. The van der Waals surface area contributed by atoms with E-state index in [0.29, 0.717) is 6.04 Å². The number of anilines is 2. The molecule has 0 aromatic heterocycles. The highest BCUT2D eigenvalue weighted by molar-refractivity contribution is 9.10. The van der Waals surface area contributed by atoms with Crippen molar-refractivity contribution in [3.8, 4) is 0 Å². The molecule has 0 amide bonds. The molecule has 0 aliphatic carbocycles. The first-order valence-electron chi connectivity index (χ1n) is 6.43. The highest BCUT2D eigenvalue weighted by atomic mass is 79.9. The number of nitrogens with two attached hydrogens (primary N) is 1. The van der Waals surface area contributed by atoms with E-state index in [-0.39, 0.29) is 0 Å². The summed E-state index contributed by atoms with van der Waals surface area (Å²) >= 11 is 3.61. The molecule has 0 heterocycles. The van der Waals surface area contributed by atoms with Crippen molar-refractivity contribution in [2.75, 3.05) is 10.6 Å². The van der Waals surface area contributed by atoms with Crippen LogP contribution in [0.5, 0.6) is 0 Å². The van der Waals surface area contributed by atoms with Crippen LogP contribution in [0.4, 0.5) is 11.4 Å². The highest BCUT2D eigenvalue weighted by Crippen LogP contribution is 2.30. The fourth-order valence-electron chi connectivity index (χ4n) is 2.08. The number of hydrogen-bond acceptors (Lipinski definition) is 2. The third-order valence-corrected chi connectivity index (χ3v) is 3.74. The minimum Gasteiger partial charge on any atom is -0.399 e. The Morgan fingerprint density at radius 1 is 1.11 bits per heavy atom. The summed E-state index contributed by atoms with van der Waals surface area (Å²) in [5.41, 5.74) is 9.06. The summed E-state index contributed by atoms with van der Waals surface area (Å²) in [5, 5.41) is 0. The maximum atomic E-state index is 5.81. The maximum Gasteiger partial charge on any atom is 0.0517 e. The topological polar surface area (TPSA) is 29.3 Å². The van der Waals surface area contributed by atoms with Gasteiger partial charge in [0.05, 0.1) is 5.69 Å². The summed E-state index contributed by atoms with van der Waals surface area (Å²) in [5.74, 6) is 0. The van der Waals surface area contributed by atoms with Crippen molar-refractivity contribution >= 4 is 27.3 Å². The van der Waals surface area contributed by atoms with Gasteiger partial charge in [-0.2, -0.15) is 0 Å². The SMILES string of the molecule is CC(C)N(Cc1ccccc1)c1ccc(N)cc1Br. The lowest BCUT2D eigenvalue weighted by atomic mass is 10.1. The lowest BCUT2D eigenvalue weighted by molar-refractivity contribution is 0.681. The van der Waals surface area contributed by atoms with Gasteiger partial charge in [-0.25, -0.2) is 0 Å². The van der Waals surface area contributed by atoms with Crippen LogP contribution in [0.1, 0.15) is 19.4 Å². The van der Waals surface area contributed by atoms with Crippen molar-refractivity contribution in [3.63, 3.8) is 0 Å². The first-order chi connectivity index (χ1) is 9.08. The van der Waals surface area contributed by atoms with Gasteiger partial charge in [0.1, 0.15) is 0 Å². The Labute approximate surface area is 123 Å². The summed E-state index contributed by atoms with van der Waals surface area (Å²) in [6.45, 7) is 5.29. The Hall–Kier alpha value is -1.48. The molecule has 0 aliphatic rings. The van der Waals surface area contributed by atoms with Gasteiger partial charge in [0, 0.05) is 22.7 Å². The predicted molar refractivity (Wildman–Crippen MR) is 86.3 cm³/mol. The van der Waals surface area contributed by atoms with Crippen LogP contribution in [0, 0.1) is 0 Å². The molecule has 0 spiro atoms. The predicted octanol–water partition coefficient (Wildman–Crippen LogP) is 4.45. The van der Waals surface area contributed by atoms with E-state index in [0.717, 1.165) is 16.7 Å². The van der Waals surface area contributed by atoms with Crippen LogP contribution in [0.3, 0.4) is 0 Å². The van der Waals surface area contributed by atoms with Gasteiger partial charge in [-0.1, -0.05) is 30.3 Å². The Bertz CT molecular complexity index is 538. The number of nitrogens with zero attached hydrogens (tertiary/aromatic N) is 1. The monoisotopic (exact) mass is 318 g/mol. The van der Waals surface area contributed by atoms with Crippen molar-refractivity contribution in [1.82, 2.24) is 0 Å². The number of rotatable bonds is 4. The summed E-state index contributed by atoms with van der Waals surface area (Å²) in [6, 6.07) is 16.9. The molecule has 0 fully saturated rings. The van der Waals surface area contributed by atoms with E-state index in [9.17, 15) is 0 Å². The molecule has 2 aromatic carbocycles. The van der Waals surface area contributed by atoms with Crippen LogP contribution < -0.4 is 10.6 Å². The Balaban J connectivity index is 2.30. The average molecular weight is 319 g/mol. The minimum absolute atomic E-state index is 0.417. The lowest BCUT2D eigenvalue weighted by Gasteiger charge is -2.30. The zero-order valence-corrected chi connectivity index (χ0v) is 12.9.